The molecule has 0 unspecified atom stereocenters. The Kier molecular flexibility index (Phi) is 12.4. The molecule has 0 aliphatic rings. The number of aryl methyl sites for hydroxylation is 2. The van der Waals surface area contributed by atoms with E-state index in [9.17, 15) is 0 Å². The van der Waals surface area contributed by atoms with Crippen molar-refractivity contribution in [2.45, 2.75) is 78.8 Å². The van der Waals surface area contributed by atoms with Crippen molar-refractivity contribution in [1.82, 2.24) is 0 Å². The number of anilines is 2. The van der Waals surface area contributed by atoms with Crippen LogP contribution in [-0.2, 0) is 0 Å². The third-order valence-corrected chi connectivity index (χ3v) is 6.67. The van der Waals surface area contributed by atoms with Crippen molar-refractivity contribution in [2.24, 2.45) is 0 Å². The van der Waals surface area contributed by atoms with Crippen LogP contribution >= 0.6 is 0 Å². The van der Waals surface area contributed by atoms with E-state index in [2.05, 4.69) is 39.8 Å². The highest BCUT2D eigenvalue weighted by molar-refractivity contribution is 5.52. The summed E-state index contributed by atoms with van der Waals surface area (Å²) in [6, 6.07) is 31.2. The van der Waals surface area contributed by atoms with E-state index >= 15 is 0 Å². The highest BCUT2D eigenvalue weighted by Gasteiger charge is 2.15. The fraction of sp³-hybridized carbons (Fsp3) is 0.333. The lowest BCUT2D eigenvalue weighted by atomic mass is 10.1. The Bertz CT molecular complexity index is 1170. The van der Waals surface area contributed by atoms with Gasteiger partial charge in [0.1, 0.15) is 23.0 Å². The summed E-state index contributed by atoms with van der Waals surface area (Å²) in [5.74, 6) is 3.31. The van der Waals surface area contributed by atoms with Gasteiger partial charge >= 0.3 is 0 Å². The molecule has 0 aliphatic carbocycles. The van der Waals surface area contributed by atoms with Crippen LogP contribution in [0.15, 0.2) is 97.1 Å². The zero-order valence-electron chi connectivity index (χ0n) is 25.7. The van der Waals surface area contributed by atoms with E-state index in [4.69, 9.17) is 30.4 Å². The van der Waals surface area contributed by atoms with E-state index < -0.39 is 0 Å². The largest absolute Gasteiger partial charge is 0.490 e. The maximum Gasteiger partial charge on any atom is 0.142 e. The molecule has 4 rings (SSSR count). The molecule has 4 N–H and O–H groups in total. The van der Waals surface area contributed by atoms with Crippen LogP contribution in [0.3, 0.4) is 0 Å². The monoisotopic (exact) mass is 570 g/mol. The number of nitrogen functional groups attached to an aromatic ring is 2. The molecule has 0 heterocycles. The molecule has 0 aliphatic heterocycles. The molecule has 0 aromatic heterocycles. The van der Waals surface area contributed by atoms with Gasteiger partial charge in [-0.2, -0.15) is 0 Å². The molecule has 6 nitrogen and oxygen atoms in total. The molecule has 0 amide bonds. The molecule has 224 valence electrons. The number of para-hydroxylation sites is 6. The van der Waals surface area contributed by atoms with Crippen molar-refractivity contribution in [2.75, 3.05) is 11.5 Å². The smallest absolute Gasteiger partial charge is 0.142 e. The maximum atomic E-state index is 6.00. The normalized spacial score (nSPS) is 13.5. The van der Waals surface area contributed by atoms with Gasteiger partial charge in [-0.05, 0) is 89.1 Å². The molecular formula is C36H46N2O4. The lowest BCUT2D eigenvalue weighted by molar-refractivity contribution is 0.129. The van der Waals surface area contributed by atoms with Gasteiger partial charge in [0, 0.05) is 12.8 Å². The summed E-state index contributed by atoms with van der Waals surface area (Å²) in [5, 5.41) is 0. The molecule has 42 heavy (non-hydrogen) atoms. The molecular weight excluding hydrogens is 524 g/mol. The van der Waals surface area contributed by atoms with E-state index in [0.29, 0.717) is 22.9 Å². The second kappa shape index (κ2) is 16.2. The highest BCUT2D eigenvalue weighted by Crippen LogP contribution is 2.25. The first-order chi connectivity index (χ1) is 20.1. The van der Waals surface area contributed by atoms with Crippen LogP contribution in [0.2, 0.25) is 0 Å². The number of ether oxygens (including phenoxy) is 4. The quantitative estimate of drug-likeness (QED) is 0.166. The second-order valence-corrected chi connectivity index (χ2v) is 10.8. The summed E-state index contributed by atoms with van der Waals surface area (Å²) < 4.78 is 23.7. The maximum absolute atomic E-state index is 6.00. The van der Waals surface area contributed by atoms with Gasteiger partial charge in [-0.1, -0.05) is 60.7 Å². The van der Waals surface area contributed by atoms with Crippen LogP contribution in [0, 0.1) is 13.8 Å². The van der Waals surface area contributed by atoms with E-state index in [1.165, 1.54) is 0 Å². The number of hydrogen-bond acceptors (Lipinski definition) is 6. The molecule has 0 spiro atoms. The molecule has 4 atom stereocenters. The Morgan fingerprint density at radius 1 is 0.429 bits per heavy atom. The van der Waals surface area contributed by atoms with Gasteiger partial charge in [0.25, 0.3) is 0 Å². The summed E-state index contributed by atoms with van der Waals surface area (Å²) in [7, 11) is 0. The summed E-state index contributed by atoms with van der Waals surface area (Å²) in [6.07, 6.45) is 1.81. The topological polar surface area (TPSA) is 89.0 Å². The van der Waals surface area contributed by atoms with E-state index in [0.717, 1.165) is 35.5 Å². The fourth-order valence-electron chi connectivity index (χ4n) is 4.55. The lowest BCUT2D eigenvalue weighted by Gasteiger charge is -2.21. The minimum absolute atomic E-state index is 0.00497. The predicted octanol–water partition coefficient (Wildman–Crippen LogP) is 8.40. The van der Waals surface area contributed by atoms with Crippen molar-refractivity contribution in [3.8, 4) is 23.0 Å². The van der Waals surface area contributed by atoms with Gasteiger partial charge in [-0.15, -0.1) is 0 Å². The minimum atomic E-state index is -0.00497. The third-order valence-electron chi connectivity index (χ3n) is 6.67. The molecule has 0 saturated carbocycles. The minimum Gasteiger partial charge on any atom is -0.490 e. The lowest BCUT2D eigenvalue weighted by Crippen LogP contribution is -2.23. The van der Waals surface area contributed by atoms with Crippen LogP contribution in [-0.4, -0.2) is 24.4 Å². The number of nitrogens with two attached hydrogens (primary N) is 2. The standard InChI is InChI=1S/C19H24O2.C17H22N2O2/c1-14-9-5-7-11-18(14)20-16(3)13-17(4)21-19-12-8-6-10-15(19)2;1-12(20-16-9-5-3-7-14(16)18)11-13(2)21-17-10-6-4-8-15(17)19/h5-12,16-17H,13H2,1-4H3;3-10,12-13H,11,18-19H2,1-2H3/t16-,17-;12-,13-/m11/s1. The van der Waals surface area contributed by atoms with Crippen molar-refractivity contribution < 1.29 is 18.9 Å². The molecule has 0 bridgehead atoms. The molecule has 4 aromatic carbocycles. The summed E-state index contributed by atoms with van der Waals surface area (Å²) in [5.41, 5.74) is 15.4. The first-order valence-corrected chi connectivity index (χ1v) is 14.6. The van der Waals surface area contributed by atoms with E-state index in [1.54, 1.807) is 0 Å². The van der Waals surface area contributed by atoms with Crippen LogP contribution in [0.4, 0.5) is 11.4 Å². The summed E-state index contributed by atoms with van der Waals surface area (Å²) in [4.78, 5) is 0. The second-order valence-electron chi connectivity index (χ2n) is 10.8. The van der Waals surface area contributed by atoms with Crippen LogP contribution in [0.25, 0.3) is 0 Å². The summed E-state index contributed by atoms with van der Waals surface area (Å²) in [6.45, 7) is 12.3. The average Bonchev–Trinajstić information content (AvgIpc) is 2.94. The van der Waals surface area contributed by atoms with Crippen molar-refractivity contribution in [1.29, 1.82) is 0 Å². The average molecular weight is 571 g/mol. The Labute approximate surface area is 251 Å². The van der Waals surface area contributed by atoms with Gasteiger partial charge in [0.15, 0.2) is 0 Å². The van der Waals surface area contributed by atoms with Crippen molar-refractivity contribution in [3.05, 3.63) is 108 Å². The Balaban J connectivity index is 0.000000230. The van der Waals surface area contributed by atoms with Crippen LogP contribution in [0.1, 0.15) is 51.7 Å². The van der Waals surface area contributed by atoms with Crippen LogP contribution < -0.4 is 30.4 Å². The van der Waals surface area contributed by atoms with E-state index in [-0.39, 0.29) is 24.4 Å². The Hall–Kier alpha value is -4.32. The van der Waals surface area contributed by atoms with Gasteiger partial charge in [-0.25, -0.2) is 0 Å². The SMILES string of the molecule is C[C@H](C[C@@H](C)Oc1ccccc1N)Oc1ccccc1N.Cc1ccccc1O[C@H](C)C[C@@H](C)Oc1ccccc1C. The van der Waals surface area contributed by atoms with Crippen molar-refractivity contribution >= 4 is 11.4 Å². The van der Waals surface area contributed by atoms with Crippen molar-refractivity contribution in [3.63, 3.8) is 0 Å². The van der Waals surface area contributed by atoms with Gasteiger partial charge < -0.3 is 30.4 Å². The van der Waals surface area contributed by atoms with Gasteiger partial charge in [0.05, 0.1) is 35.8 Å². The molecule has 4 aromatic rings. The number of rotatable bonds is 12. The molecule has 0 fully saturated rings. The Morgan fingerprint density at radius 2 is 0.690 bits per heavy atom. The number of benzene rings is 4. The van der Waals surface area contributed by atoms with Crippen LogP contribution in [0.5, 0.6) is 23.0 Å². The fourth-order valence-corrected chi connectivity index (χ4v) is 4.55. The predicted molar refractivity (Wildman–Crippen MR) is 174 cm³/mol. The first-order valence-electron chi connectivity index (χ1n) is 14.6. The molecule has 0 saturated heterocycles. The van der Waals surface area contributed by atoms with E-state index in [1.807, 2.05) is 98.8 Å². The Morgan fingerprint density at radius 3 is 1.00 bits per heavy atom. The summed E-state index contributed by atoms with van der Waals surface area (Å²) >= 11 is 0. The van der Waals surface area contributed by atoms with Gasteiger partial charge in [-0.3, -0.25) is 0 Å². The third kappa shape index (κ3) is 10.6. The number of hydrogen-bond donors (Lipinski definition) is 2. The molecule has 6 heteroatoms. The molecule has 0 radical (unpaired) electrons. The zero-order chi connectivity index (χ0) is 30.5. The zero-order valence-corrected chi connectivity index (χ0v) is 25.7. The highest BCUT2D eigenvalue weighted by atomic mass is 16.5. The first kappa shape index (κ1) is 32.2. The van der Waals surface area contributed by atoms with Gasteiger partial charge in [0.2, 0.25) is 0 Å².